The van der Waals surface area contributed by atoms with Gasteiger partial charge >= 0.3 is 0 Å². The Kier molecular flexibility index (Phi) is 2.22. The molecule has 1 fully saturated rings. The number of hydrogen-bond donors (Lipinski definition) is 0. The van der Waals surface area contributed by atoms with Gasteiger partial charge in [0.05, 0.1) is 9.89 Å². The fourth-order valence-electron chi connectivity index (χ4n) is 1.81. The highest BCUT2D eigenvalue weighted by Gasteiger charge is 2.50. The van der Waals surface area contributed by atoms with E-state index < -0.39 is 5.41 Å². The van der Waals surface area contributed by atoms with Gasteiger partial charge in [-0.25, -0.2) is 4.39 Å². The van der Waals surface area contributed by atoms with Crippen molar-refractivity contribution in [3.05, 3.63) is 34.1 Å². The molecule has 0 spiro atoms. The van der Waals surface area contributed by atoms with Gasteiger partial charge in [0.1, 0.15) is 11.6 Å². The van der Waals surface area contributed by atoms with Crippen LogP contribution in [0.25, 0.3) is 0 Å². The number of carbonyl (C=O) groups is 1. The Balaban J connectivity index is 2.52. The monoisotopic (exact) mass is 256 g/mol. The molecule has 0 heterocycles. The summed E-state index contributed by atoms with van der Waals surface area (Å²) in [6.07, 6.45) is 1.55. The van der Waals surface area contributed by atoms with Gasteiger partial charge in [-0.2, -0.15) is 0 Å². The molecule has 0 saturated heterocycles. The lowest BCUT2D eigenvalue weighted by molar-refractivity contribution is -0.119. The van der Waals surface area contributed by atoms with E-state index in [-0.39, 0.29) is 11.6 Å². The minimum Gasteiger partial charge on any atom is -0.299 e. The van der Waals surface area contributed by atoms with Crippen molar-refractivity contribution in [2.75, 3.05) is 0 Å². The molecule has 0 unspecified atom stereocenters. The van der Waals surface area contributed by atoms with E-state index in [1.54, 1.807) is 18.2 Å². The summed E-state index contributed by atoms with van der Waals surface area (Å²) in [6.45, 7) is 1.54. The predicted molar refractivity (Wildman–Crippen MR) is 55.7 cm³/mol. The summed E-state index contributed by atoms with van der Waals surface area (Å²) in [6, 6.07) is 5.12. The van der Waals surface area contributed by atoms with Crippen molar-refractivity contribution in [2.24, 2.45) is 0 Å². The van der Waals surface area contributed by atoms with E-state index in [9.17, 15) is 9.18 Å². The van der Waals surface area contributed by atoms with Crippen LogP contribution < -0.4 is 0 Å². The van der Waals surface area contributed by atoms with E-state index >= 15 is 0 Å². The molecule has 0 atom stereocenters. The molecule has 2 rings (SSSR count). The van der Waals surface area contributed by atoms with Crippen LogP contribution in [0.4, 0.5) is 4.39 Å². The van der Waals surface area contributed by atoms with E-state index in [4.69, 9.17) is 0 Å². The number of hydrogen-bond acceptors (Lipinski definition) is 1. The number of halogens is 2. The number of ketones is 1. The van der Waals surface area contributed by atoms with Gasteiger partial charge in [0.2, 0.25) is 0 Å². The van der Waals surface area contributed by atoms with E-state index in [1.807, 2.05) is 0 Å². The Labute approximate surface area is 90.4 Å². The summed E-state index contributed by atoms with van der Waals surface area (Å²) in [4.78, 5) is 11.4. The molecule has 0 aromatic heterocycles. The summed E-state index contributed by atoms with van der Waals surface area (Å²) >= 11 is 3.13. The Hall–Kier alpha value is -0.700. The van der Waals surface area contributed by atoms with Crippen molar-refractivity contribution in [3.63, 3.8) is 0 Å². The predicted octanol–water partition coefficient (Wildman–Crippen LogP) is 3.21. The smallest absolute Gasteiger partial charge is 0.141 e. The Morgan fingerprint density at radius 1 is 1.50 bits per heavy atom. The maximum Gasteiger partial charge on any atom is 0.141 e. The molecule has 1 aliphatic carbocycles. The quantitative estimate of drug-likeness (QED) is 0.795. The van der Waals surface area contributed by atoms with Crippen LogP contribution >= 0.6 is 15.9 Å². The Bertz CT molecular complexity index is 396. The summed E-state index contributed by atoms with van der Waals surface area (Å²) in [5.41, 5.74) is 0.0211. The number of benzene rings is 1. The van der Waals surface area contributed by atoms with Gasteiger partial charge in [0.15, 0.2) is 0 Å². The molecule has 0 bridgehead atoms. The van der Waals surface area contributed by atoms with Crippen molar-refractivity contribution in [1.29, 1.82) is 0 Å². The lowest BCUT2D eigenvalue weighted by Gasteiger charge is -2.13. The standard InChI is InChI=1S/C11H10BrFO/c1-7(14)11(5-6-11)8-3-2-4-9(12)10(8)13/h2-4H,5-6H2,1H3. The molecule has 1 nitrogen and oxygen atoms in total. The molecule has 1 saturated carbocycles. The van der Waals surface area contributed by atoms with E-state index in [0.717, 1.165) is 12.8 Å². The van der Waals surface area contributed by atoms with Crippen LogP contribution in [-0.2, 0) is 10.2 Å². The Morgan fingerprint density at radius 2 is 2.14 bits per heavy atom. The summed E-state index contributed by atoms with van der Waals surface area (Å²) in [5.74, 6) is -0.227. The van der Waals surface area contributed by atoms with Gasteiger partial charge in [0.25, 0.3) is 0 Å². The fourth-order valence-corrected chi connectivity index (χ4v) is 2.18. The average molecular weight is 257 g/mol. The maximum absolute atomic E-state index is 13.7. The van der Waals surface area contributed by atoms with Crippen LogP contribution in [0.15, 0.2) is 22.7 Å². The molecular formula is C11H10BrFO. The normalized spacial score (nSPS) is 17.9. The lowest BCUT2D eigenvalue weighted by Crippen LogP contribution is -2.18. The molecule has 0 amide bonds. The van der Waals surface area contributed by atoms with Crippen LogP contribution in [0, 0.1) is 5.82 Å². The maximum atomic E-state index is 13.7. The molecule has 1 aromatic rings. The number of carbonyl (C=O) groups excluding carboxylic acids is 1. The molecular weight excluding hydrogens is 247 g/mol. The van der Waals surface area contributed by atoms with E-state index in [0.29, 0.717) is 10.0 Å². The molecule has 1 aromatic carbocycles. The highest BCUT2D eigenvalue weighted by atomic mass is 79.9. The van der Waals surface area contributed by atoms with E-state index in [2.05, 4.69) is 15.9 Å². The molecule has 0 radical (unpaired) electrons. The zero-order valence-electron chi connectivity index (χ0n) is 7.81. The van der Waals surface area contributed by atoms with Crippen LogP contribution in [-0.4, -0.2) is 5.78 Å². The molecule has 74 valence electrons. The highest BCUT2D eigenvalue weighted by Crippen LogP contribution is 2.50. The average Bonchev–Trinajstić information content (AvgIpc) is 2.90. The van der Waals surface area contributed by atoms with Crippen LogP contribution in [0.2, 0.25) is 0 Å². The lowest BCUT2D eigenvalue weighted by atomic mass is 9.92. The van der Waals surface area contributed by atoms with Crippen LogP contribution in [0.5, 0.6) is 0 Å². The van der Waals surface area contributed by atoms with E-state index in [1.165, 1.54) is 6.92 Å². The van der Waals surface area contributed by atoms with Crippen molar-refractivity contribution in [2.45, 2.75) is 25.2 Å². The van der Waals surface area contributed by atoms with Gasteiger partial charge in [-0.15, -0.1) is 0 Å². The summed E-state index contributed by atoms with van der Waals surface area (Å²) < 4.78 is 14.1. The second-order valence-corrected chi connectivity index (χ2v) is 4.59. The summed E-state index contributed by atoms with van der Waals surface area (Å²) in [5, 5.41) is 0. The van der Waals surface area contributed by atoms with Crippen molar-refractivity contribution in [3.8, 4) is 0 Å². The molecule has 0 N–H and O–H groups in total. The first-order valence-electron chi connectivity index (χ1n) is 4.53. The van der Waals surface area contributed by atoms with Crippen molar-refractivity contribution < 1.29 is 9.18 Å². The highest BCUT2D eigenvalue weighted by molar-refractivity contribution is 9.10. The van der Waals surface area contributed by atoms with Crippen LogP contribution in [0.1, 0.15) is 25.3 Å². The number of rotatable bonds is 2. The molecule has 14 heavy (non-hydrogen) atoms. The second kappa shape index (κ2) is 3.16. The first-order chi connectivity index (χ1) is 6.58. The van der Waals surface area contributed by atoms with Gasteiger partial charge in [-0.1, -0.05) is 12.1 Å². The third-order valence-electron chi connectivity index (χ3n) is 2.89. The van der Waals surface area contributed by atoms with Crippen molar-refractivity contribution >= 4 is 21.7 Å². The molecule has 1 aliphatic rings. The SMILES string of the molecule is CC(=O)C1(c2cccc(Br)c2F)CC1. The topological polar surface area (TPSA) is 17.1 Å². The van der Waals surface area contributed by atoms with Gasteiger partial charge in [-0.3, -0.25) is 4.79 Å². The zero-order chi connectivity index (χ0) is 10.3. The third kappa shape index (κ3) is 1.31. The van der Waals surface area contributed by atoms with Gasteiger partial charge < -0.3 is 0 Å². The van der Waals surface area contributed by atoms with Crippen molar-refractivity contribution in [1.82, 2.24) is 0 Å². The third-order valence-corrected chi connectivity index (χ3v) is 3.50. The van der Waals surface area contributed by atoms with Crippen LogP contribution in [0.3, 0.4) is 0 Å². The first kappa shape index (κ1) is 9.84. The Morgan fingerprint density at radius 3 is 2.64 bits per heavy atom. The molecule has 0 aliphatic heterocycles. The van der Waals surface area contributed by atoms with Gasteiger partial charge in [0, 0.05) is 5.56 Å². The second-order valence-electron chi connectivity index (χ2n) is 3.74. The largest absolute Gasteiger partial charge is 0.299 e. The minimum absolute atomic E-state index is 0.0644. The van der Waals surface area contributed by atoms with Gasteiger partial charge in [-0.05, 0) is 41.8 Å². The number of Topliss-reactive ketones (excluding diaryl/α,β-unsaturated/α-hetero) is 1. The summed E-state index contributed by atoms with van der Waals surface area (Å²) in [7, 11) is 0. The first-order valence-corrected chi connectivity index (χ1v) is 5.33. The minimum atomic E-state index is -0.520. The fraction of sp³-hybridized carbons (Fsp3) is 0.364. The molecule has 3 heteroatoms. The zero-order valence-corrected chi connectivity index (χ0v) is 9.40.